The Morgan fingerprint density at radius 1 is 1.43 bits per heavy atom. The van der Waals surface area contributed by atoms with Crippen molar-refractivity contribution < 1.29 is 9.50 Å². The quantitative estimate of drug-likeness (QED) is 0.899. The number of nitrogens with zero attached hydrogens (tertiary/aromatic N) is 1. The smallest absolute Gasteiger partial charge is 0.117 e. The fraction of sp³-hybridized carbons (Fsp3) is 0.400. The molecule has 14 heavy (non-hydrogen) atoms. The van der Waals surface area contributed by atoms with Crippen molar-refractivity contribution in [3.63, 3.8) is 0 Å². The second kappa shape index (κ2) is 5.32. The van der Waals surface area contributed by atoms with Gasteiger partial charge in [-0.25, -0.2) is 4.39 Å². The monoisotopic (exact) mass is 261 g/mol. The first-order chi connectivity index (χ1) is 6.63. The van der Waals surface area contributed by atoms with Crippen LogP contribution in [0, 0.1) is 0 Å². The molecule has 1 N–H and O–H groups in total. The summed E-state index contributed by atoms with van der Waals surface area (Å²) in [5.41, 5.74) is 0.959. The summed E-state index contributed by atoms with van der Waals surface area (Å²) in [4.78, 5) is 1.82. The highest BCUT2D eigenvalue weighted by Gasteiger charge is 2.07. The van der Waals surface area contributed by atoms with Gasteiger partial charge in [0.2, 0.25) is 0 Å². The number of alkyl halides is 1. The lowest BCUT2D eigenvalue weighted by Gasteiger charge is -2.21. The largest absolute Gasteiger partial charge is 0.389 e. The fourth-order valence-electron chi connectivity index (χ4n) is 1.17. The van der Waals surface area contributed by atoms with Crippen molar-refractivity contribution in [1.29, 1.82) is 0 Å². The SMILES string of the molecule is CN(CC(O)CF)c1ccc(Br)cc1. The first-order valence-electron chi connectivity index (χ1n) is 4.34. The van der Waals surface area contributed by atoms with Crippen molar-refractivity contribution in [2.45, 2.75) is 6.10 Å². The molecule has 0 spiro atoms. The number of halogens is 2. The Morgan fingerprint density at radius 3 is 2.50 bits per heavy atom. The lowest BCUT2D eigenvalue weighted by Crippen LogP contribution is -2.30. The van der Waals surface area contributed by atoms with Crippen molar-refractivity contribution in [3.8, 4) is 0 Å². The zero-order valence-electron chi connectivity index (χ0n) is 7.95. The highest BCUT2D eigenvalue weighted by molar-refractivity contribution is 9.10. The predicted molar refractivity (Wildman–Crippen MR) is 59.4 cm³/mol. The molecule has 0 fully saturated rings. The predicted octanol–water partition coefficient (Wildman–Crippen LogP) is 2.22. The molecule has 0 bridgehead atoms. The molecule has 0 amide bonds. The van der Waals surface area contributed by atoms with Crippen molar-refractivity contribution in [1.82, 2.24) is 0 Å². The van der Waals surface area contributed by atoms with Crippen LogP contribution >= 0.6 is 15.9 Å². The van der Waals surface area contributed by atoms with Crippen molar-refractivity contribution >= 4 is 21.6 Å². The number of hydrogen-bond acceptors (Lipinski definition) is 2. The Morgan fingerprint density at radius 2 is 2.00 bits per heavy atom. The lowest BCUT2D eigenvalue weighted by molar-refractivity contribution is 0.146. The summed E-state index contributed by atoms with van der Waals surface area (Å²) in [6.07, 6.45) is -0.913. The van der Waals surface area contributed by atoms with E-state index in [1.54, 1.807) is 0 Å². The fourth-order valence-corrected chi connectivity index (χ4v) is 1.43. The van der Waals surface area contributed by atoms with Crippen molar-refractivity contribution in [2.75, 3.05) is 25.2 Å². The van der Waals surface area contributed by atoms with E-state index in [0.29, 0.717) is 6.54 Å². The van der Waals surface area contributed by atoms with Crippen LogP contribution in [0.25, 0.3) is 0 Å². The summed E-state index contributed by atoms with van der Waals surface area (Å²) < 4.78 is 13.0. The van der Waals surface area contributed by atoms with E-state index >= 15 is 0 Å². The zero-order valence-corrected chi connectivity index (χ0v) is 9.54. The van der Waals surface area contributed by atoms with Crippen LogP contribution < -0.4 is 4.90 Å². The Hall–Kier alpha value is -0.610. The molecule has 0 saturated heterocycles. The van der Waals surface area contributed by atoms with Gasteiger partial charge >= 0.3 is 0 Å². The van der Waals surface area contributed by atoms with Gasteiger partial charge in [-0.05, 0) is 24.3 Å². The summed E-state index contributed by atoms with van der Waals surface area (Å²) in [5, 5.41) is 9.12. The van der Waals surface area contributed by atoms with Crippen LogP contribution in [0.3, 0.4) is 0 Å². The van der Waals surface area contributed by atoms with E-state index in [4.69, 9.17) is 5.11 Å². The average molecular weight is 262 g/mol. The minimum Gasteiger partial charge on any atom is -0.389 e. The van der Waals surface area contributed by atoms with Gasteiger partial charge in [0.25, 0.3) is 0 Å². The maximum atomic E-state index is 12.0. The molecule has 4 heteroatoms. The van der Waals surface area contributed by atoms with Gasteiger partial charge in [-0.3, -0.25) is 0 Å². The summed E-state index contributed by atoms with van der Waals surface area (Å²) in [7, 11) is 1.82. The Bertz CT molecular complexity index is 278. The van der Waals surface area contributed by atoms with Crippen LogP contribution in [0.1, 0.15) is 0 Å². The van der Waals surface area contributed by atoms with Crippen LogP contribution in [0.5, 0.6) is 0 Å². The Kier molecular flexibility index (Phi) is 4.35. The van der Waals surface area contributed by atoms with E-state index < -0.39 is 12.8 Å². The molecule has 1 aromatic carbocycles. The standard InChI is InChI=1S/C10H13BrFNO/c1-13(7-10(14)6-12)9-4-2-8(11)3-5-9/h2-5,10,14H,6-7H2,1H3. The van der Waals surface area contributed by atoms with Gasteiger partial charge in [0.15, 0.2) is 0 Å². The van der Waals surface area contributed by atoms with E-state index in [1.165, 1.54) is 0 Å². The molecule has 2 nitrogen and oxygen atoms in total. The molecular formula is C10H13BrFNO. The van der Waals surface area contributed by atoms with E-state index in [1.807, 2.05) is 36.2 Å². The Balaban J connectivity index is 2.60. The first-order valence-corrected chi connectivity index (χ1v) is 5.13. The minimum absolute atomic E-state index is 0.304. The van der Waals surface area contributed by atoms with Gasteiger partial charge in [-0.1, -0.05) is 15.9 Å². The molecule has 1 aromatic rings. The summed E-state index contributed by atoms with van der Waals surface area (Å²) in [6, 6.07) is 7.64. The van der Waals surface area contributed by atoms with Crippen LogP contribution in [0.2, 0.25) is 0 Å². The van der Waals surface area contributed by atoms with Crippen molar-refractivity contribution in [2.24, 2.45) is 0 Å². The van der Waals surface area contributed by atoms with Crippen LogP contribution in [-0.2, 0) is 0 Å². The molecule has 0 aliphatic rings. The molecule has 0 aliphatic heterocycles. The third-order valence-corrected chi connectivity index (χ3v) is 2.46. The highest BCUT2D eigenvalue weighted by atomic mass is 79.9. The van der Waals surface area contributed by atoms with Gasteiger partial charge in [0, 0.05) is 23.8 Å². The number of rotatable bonds is 4. The second-order valence-electron chi connectivity index (χ2n) is 3.17. The van der Waals surface area contributed by atoms with Gasteiger partial charge < -0.3 is 10.0 Å². The van der Waals surface area contributed by atoms with Gasteiger partial charge in [0.05, 0.1) is 6.10 Å². The van der Waals surface area contributed by atoms with Gasteiger partial charge in [-0.2, -0.15) is 0 Å². The molecular weight excluding hydrogens is 249 g/mol. The van der Waals surface area contributed by atoms with E-state index in [-0.39, 0.29) is 0 Å². The first kappa shape index (κ1) is 11.5. The number of benzene rings is 1. The van der Waals surface area contributed by atoms with E-state index in [2.05, 4.69) is 15.9 Å². The average Bonchev–Trinajstić information content (AvgIpc) is 2.18. The molecule has 0 saturated carbocycles. The molecule has 0 aromatic heterocycles. The number of aliphatic hydroxyl groups is 1. The number of hydrogen-bond donors (Lipinski definition) is 1. The van der Waals surface area contributed by atoms with Crippen LogP contribution in [-0.4, -0.2) is 31.5 Å². The molecule has 78 valence electrons. The summed E-state index contributed by atoms with van der Waals surface area (Å²) in [5.74, 6) is 0. The van der Waals surface area contributed by atoms with Gasteiger partial charge in [0.1, 0.15) is 6.67 Å². The maximum absolute atomic E-state index is 12.0. The third-order valence-electron chi connectivity index (χ3n) is 1.93. The Labute approximate surface area is 91.5 Å². The number of likely N-dealkylation sites (N-methyl/N-ethyl adjacent to an activating group) is 1. The minimum atomic E-state index is -0.913. The van der Waals surface area contributed by atoms with Crippen LogP contribution in [0.4, 0.5) is 10.1 Å². The molecule has 0 radical (unpaired) electrons. The number of anilines is 1. The third kappa shape index (κ3) is 3.27. The highest BCUT2D eigenvalue weighted by Crippen LogP contribution is 2.17. The maximum Gasteiger partial charge on any atom is 0.117 e. The normalized spacial score (nSPS) is 12.6. The molecule has 0 heterocycles. The molecule has 1 atom stereocenters. The second-order valence-corrected chi connectivity index (χ2v) is 4.08. The summed E-state index contributed by atoms with van der Waals surface area (Å²) >= 11 is 3.33. The topological polar surface area (TPSA) is 23.5 Å². The van der Waals surface area contributed by atoms with Crippen LogP contribution in [0.15, 0.2) is 28.7 Å². The van der Waals surface area contributed by atoms with Gasteiger partial charge in [-0.15, -0.1) is 0 Å². The van der Waals surface area contributed by atoms with E-state index in [9.17, 15) is 4.39 Å². The molecule has 1 unspecified atom stereocenters. The van der Waals surface area contributed by atoms with Crippen molar-refractivity contribution in [3.05, 3.63) is 28.7 Å². The summed E-state index contributed by atoms with van der Waals surface area (Å²) in [6.45, 7) is -0.404. The van der Waals surface area contributed by atoms with E-state index in [0.717, 1.165) is 10.2 Å². The lowest BCUT2D eigenvalue weighted by atomic mass is 10.3. The molecule has 0 aliphatic carbocycles. The molecule has 1 rings (SSSR count). The zero-order chi connectivity index (χ0) is 10.6. The number of aliphatic hydroxyl groups excluding tert-OH is 1.